The highest BCUT2D eigenvalue weighted by molar-refractivity contribution is 4.44. The minimum Gasteiger partial charge on any atom is -1.00 e. The highest BCUT2D eigenvalue weighted by atomic mass is 17.0. The van der Waals surface area contributed by atoms with Crippen molar-refractivity contribution in [3.63, 3.8) is 0 Å². The smallest absolute Gasteiger partial charge is 0.189 e. The molecule has 23 heavy (non-hydrogen) atoms. The molecule has 0 aromatic heterocycles. The molecule has 0 aromatic carbocycles. The van der Waals surface area contributed by atoms with E-state index in [1.54, 1.807) is 0 Å². The molecule has 0 fully saturated rings. The van der Waals surface area contributed by atoms with Crippen LogP contribution in [0.4, 0.5) is 0 Å². The lowest BCUT2D eigenvalue weighted by Crippen LogP contribution is -2.51. The van der Waals surface area contributed by atoms with Crippen molar-refractivity contribution in [3.8, 4) is 0 Å². The van der Waals surface area contributed by atoms with Crippen LogP contribution in [-0.4, -0.2) is 79.3 Å². The maximum absolute atomic E-state index is 9.17. The zero-order chi connectivity index (χ0) is 18.9. The Kier molecular flexibility index (Phi) is 19.9. The van der Waals surface area contributed by atoms with E-state index in [0.29, 0.717) is 11.1 Å². The number of quaternary nitrogens is 2. The van der Waals surface area contributed by atoms with Gasteiger partial charge in [0.15, 0.2) is 6.23 Å². The van der Waals surface area contributed by atoms with Gasteiger partial charge in [-0.2, -0.15) is 0 Å². The highest BCUT2D eigenvalue weighted by Crippen LogP contribution is 2.10. The fourth-order valence-electron chi connectivity index (χ4n) is 2.85. The van der Waals surface area contributed by atoms with Gasteiger partial charge in [-0.3, -0.25) is 0 Å². The molecule has 2 N–H and O–H groups in total. The summed E-state index contributed by atoms with van der Waals surface area (Å²) in [6.45, 7) is 13.6. The number of rotatable bonds is 10. The SMILES string of the molecule is CCC(O)[N+](C)(C)C.CCC[N+](CCC)(CCC)CCO.[O-][O-]. The van der Waals surface area contributed by atoms with Gasteiger partial charge >= 0.3 is 0 Å². The molecule has 0 heterocycles. The van der Waals surface area contributed by atoms with E-state index in [0.717, 1.165) is 17.4 Å². The summed E-state index contributed by atoms with van der Waals surface area (Å²) in [5, 5.41) is 32.2. The first-order valence-corrected chi connectivity index (χ1v) is 8.84. The van der Waals surface area contributed by atoms with E-state index < -0.39 is 0 Å². The number of aliphatic hydroxyl groups excluding tert-OH is 2. The number of nitrogens with zero attached hydrogens (tertiary/aromatic N) is 2. The van der Waals surface area contributed by atoms with Crippen molar-refractivity contribution in [1.82, 2.24) is 0 Å². The average Bonchev–Trinajstić information content (AvgIpc) is 2.49. The summed E-state index contributed by atoms with van der Waals surface area (Å²) in [4.78, 5) is 0. The van der Waals surface area contributed by atoms with Gasteiger partial charge in [-0.05, 0) is 19.3 Å². The van der Waals surface area contributed by atoms with Gasteiger partial charge in [-0.15, -0.1) is 0 Å². The summed E-state index contributed by atoms with van der Waals surface area (Å²) in [6, 6.07) is 0. The molecule has 0 rings (SSSR count). The quantitative estimate of drug-likeness (QED) is 0.255. The van der Waals surface area contributed by atoms with Crippen LogP contribution in [-0.2, 0) is 0 Å². The fourth-order valence-corrected chi connectivity index (χ4v) is 2.85. The van der Waals surface area contributed by atoms with E-state index in [-0.39, 0.29) is 6.23 Å². The van der Waals surface area contributed by atoms with Gasteiger partial charge < -0.3 is 29.7 Å². The summed E-state index contributed by atoms with van der Waals surface area (Å²) in [5.41, 5.74) is 0. The Morgan fingerprint density at radius 1 is 0.783 bits per heavy atom. The van der Waals surface area contributed by atoms with E-state index >= 15 is 0 Å². The minimum atomic E-state index is -0.213. The first-order valence-electron chi connectivity index (χ1n) is 8.84. The topological polar surface area (TPSA) is 86.6 Å². The van der Waals surface area contributed by atoms with Crippen molar-refractivity contribution in [2.75, 3.05) is 53.9 Å². The third-order valence-electron chi connectivity index (χ3n) is 3.93. The van der Waals surface area contributed by atoms with Crippen LogP contribution < -0.4 is 10.5 Å². The molecule has 0 radical (unpaired) electrons. The summed E-state index contributed by atoms with van der Waals surface area (Å²) >= 11 is 0. The zero-order valence-electron chi connectivity index (χ0n) is 16.5. The third kappa shape index (κ3) is 15.1. The summed E-state index contributed by atoms with van der Waals surface area (Å²) in [6.07, 6.45) is 4.28. The maximum Gasteiger partial charge on any atom is 0.189 e. The lowest BCUT2D eigenvalue weighted by Gasteiger charge is -2.38. The molecular formula is C17H42N2O4. The molecule has 0 aliphatic carbocycles. The highest BCUT2D eigenvalue weighted by Gasteiger charge is 2.23. The second-order valence-corrected chi connectivity index (χ2v) is 6.96. The molecule has 1 unspecified atom stereocenters. The normalized spacial score (nSPS) is 12.7. The first-order chi connectivity index (χ1) is 10.7. The Bertz CT molecular complexity index is 204. The molecular weight excluding hydrogens is 296 g/mol. The minimum absolute atomic E-state index is 0.213. The Morgan fingerprint density at radius 3 is 1.26 bits per heavy atom. The summed E-state index contributed by atoms with van der Waals surface area (Å²) in [7, 11) is 5.94. The second-order valence-electron chi connectivity index (χ2n) is 6.96. The van der Waals surface area contributed by atoms with Gasteiger partial charge in [-0.1, -0.05) is 27.7 Å². The van der Waals surface area contributed by atoms with E-state index in [1.807, 2.05) is 28.1 Å². The number of hydrogen-bond donors (Lipinski definition) is 2. The fraction of sp³-hybridized carbons (Fsp3) is 1.00. The van der Waals surface area contributed by atoms with Gasteiger partial charge in [0, 0.05) is 6.42 Å². The largest absolute Gasteiger partial charge is 1.00 e. The van der Waals surface area contributed by atoms with E-state index in [2.05, 4.69) is 20.8 Å². The predicted octanol–water partition coefficient (Wildman–Crippen LogP) is 0.0685. The Hall–Kier alpha value is -0.240. The third-order valence-corrected chi connectivity index (χ3v) is 3.93. The lowest BCUT2D eigenvalue weighted by molar-refractivity contribution is -1.00. The van der Waals surface area contributed by atoms with Gasteiger partial charge in [0.2, 0.25) is 0 Å². The van der Waals surface area contributed by atoms with Crippen molar-refractivity contribution in [3.05, 3.63) is 0 Å². The monoisotopic (exact) mass is 338 g/mol. The molecule has 1 atom stereocenters. The molecule has 0 amide bonds. The van der Waals surface area contributed by atoms with E-state index in [4.69, 9.17) is 20.7 Å². The van der Waals surface area contributed by atoms with Crippen molar-refractivity contribution in [1.29, 1.82) is 0 Å². The lowest BCUT2D eigenvalue weighted by atomic mass is 10.2. The van der Waals surface area contributed by atoms with Crippen LogP contribution in [0.25, 0.3) is 0 Å². The van der Waals surface area contributed by atoms with Crippen LogP contribution >= 0.6 is 0 Å². The van der Waals surface area contributed by atoms with Gasteiger partial charge in [-0.25, -0.2) is 0 Å². The van der Waals surface area contributed by atoms with Crippen molar-refractivity contribution in [2.45, 2.75) is 59.6 Å². The molecule has 0 aromatic rings. The van der Waals surface area contributed by atoms with Crippen LogP contribution in [0.5, 0.6) is 0 Å². The number of aliphatic hydroxyl groups is 2. The van der Waals surface area contributed by atoms with Gasteiger partial charge in [0.1, 0.15) is 6.54 Å². The average molecular weight is 339 g/mol. The molecule has 0 aliphatic heterocycles. The van der Waals surface area contributed by atoms with Crippen molar-refractivity contribution < 1.29 is 29.7 Å². The molecule has 144 valence electrons. The standard InChI is InChI=1S/C11H26NO.C6H16NO.O2/c1-4-7-12(8-5-2,9-6-3)10-11-13;1-5-6(8)7(2,3)4;1-2/h13H,4-11H2,1-3H3;6,8H,5H2,1-4H3;/q2*+1;-2. The predicted molar refractivity (Wildman–Crippen MR) is 92.0 cm³/mol. The molecule has 6 heteroatoms. The first kappa shape index (κ1) is 27.6. The molecule has 0 bridgehead atoms. The van der Waals surface area contributed by atoms with Gasteiger partial charge in [0.25, 0.3) is 0 Å². The van der Waals surface area contributed by atoms with Crippen molar-refractivity contribution in [2.24, 2.45) is 0 Å². The maximum atomic E-state index is 9.17. The van der Waals surface area contributed by atoms with Crippen LogP contribution in [0.1, 0.15) is 53.4 Å². The van der Waals surface area contributed by atoms with Crippen LogP contribution in [0.3, 0.4) is 0 Å². The zero-order valence-corrected chi connectivity index (χ0v) is 16.5. The molecule has 0 aliphatic rings. The molecule has 6 nitrogen and oxygen atoms in total. The Balaban J connectivity index is -0.000000343. The second kappa shape index (κ2) is 16.6. The van der Waals surface area contributed by atoms with E-state index in [1.165, 1.54) is 38.9 Å². The van der Waals surface area contributed by atoms with Crippen molar-refractivity contribution >= 4 is 0 Å². The van der Waals surface area contributed by atoms with Crippen LogP contribution in [0.2, 0.25) is 0 Å². The summed E-state index contributed by atoms with van der Waals surface area (Å²) in [5.74, 6) is 0. The Labute approximate surface area is 144 Å². The summed E-state index contributed by atoms with van der Waals surface area (Å²) < 4.78 is 1.76. The number of hydrogen-bond acceptors (Lipinski definition) is 4. The van der Waals surface area contributed by atoms with Crippen LogP contribution in [0, 0.1) is 0 Å². The van der Waals surface area contributed by atoms with Crippen LogP contribution in [0.15, 0.2) is 0 Å². The van der Waals surface area contributed by atoms with Gasteiger partial charge in [0.05, 0.1) is 47.4 Å². The molecule has 0 saturated carbocycles. The molecule has 0 spiro atoms. The molecule has 0 saturated heterocycles. The van der Waals surface area contributed by atoms with E-state index in [9.17, 15) is 0 Å². The Morgan fingerprint density at radius 2 is 1.13 bits per heavy atom.